The van der Waals surface area contributed by atoms with Crippen LogP contribution in [0.25, 0.3) is 0 Å². The Bertz CT molecular complexity index is 1240. The summed E-state index contributed by atoms with van der Waals surface area (Å²) < 4.78 is 23.6. The summed E-state index contributed by atoms with van der Waals surface area (Å²) in [6, 6.07) is 4.88. The first-order chi connectivity index (χ1) is 18.7. The molecule has 3 heterocycles. The maximum Gasteiger partial charge on any atom is 0.326 e. The maximum atomic E-state index is 12.0. The predicted octanol–water partition coefficient (Wildman–Crippen LogP) is 2.43. The summed E-state index contributed by atoms with van der Waals surface area (Å²) in [5, 5.41) is 26.0. The van der Waals surface area contributed by atoms with E-state index in [2.05, 4.69) is 38.1 Å². The molecule has 2 aromatic rings. The number of carboxylic acids is 1. The molecule has 5 N–H and O–H groups in total. The summed E-state index contributed by atoms with van der Waals surface area (Å²) >= 11 is 0. The predicted molar refractivity (Wildman–Crippen MR) is 153 cm³/mol. The number of hydrogen-bond donors (Lipinski definition) is 5. The average Bonchev–Trinajstić information content (AvgIpc) is 2.91. The molecule has 13 heteroatoms. The minimum absolute atomic E-state index is 0.0143. The number of aromatic nitrogens is 3. The Hall–Kier alpha value is -3.58. The average molecular weight is 559 g/mol. The molecule has 2 aromatic heterocycles. The lowest BCUT2D eigenvalue weighted by molar-refractivity contribution is -0.138. The molecule has 0 radical (unpaired) electrons. The van der Waals surface area contributed by atoms with E-state index in [4.69, 9.17) is 10.4 Å². The van der Waals surface area contributed by atoms with Crippen LogP contribution in [0.4, 0.5) is 17.5 Å². The third kappa shape index (κ3) is 11.0. The van der Waals surface area contributed by atoms with Crippen LogP contribution in [-0.4, -0.2) is 89.8 Å². The van der Waals surface area contributed by atoms with Crippen molar-refractivity contribution in [3.63, 3.8) is 0 Å². The lowest BCUT2D eigenvalue weighted by Gasteiger charge is -2.24. The number of fused-ring (bicyclic) bond motifs is 1. The number of hydrogen-bond acceptors (Lipinski definition) is 11. The van der Waals surface area contributed by atoms with Gasteiger partial charge in [-0.25, -0.2) is 28.2 Å². The van der Waals surface area contributed by atoms with Crippen molar-refractivity contribution < 1.29 is 18.3 Å². The fourth-order valence-corrected chi connectivity index (χ4v) is 4.81. The van der Waals surface area contributed by atoms with Crippen LogP contribution in [-0.2, 0) is 27.5 Å². The molecular formula is C26H38N8O4S. The van der Waals surface area contributed by atoms with Crippen molar-refractivity contribution in [1.29, 1.82) is 5.41 Å². The molecule has 1 aliphatic rings. The standard InChI is InChI=1S/C26H38N8O4S/c1-39(37,38)17-16-34(14-3-2-7-21-9-8-20-6-4-12-29-25(20)32-21)15-10-22(26(35)36)33-24-18-23(30-19-31-24)28-13-5-11-27/h5,8-9,11,13,18-19,22,27H,2-4,6-7,10,12,14-17H2,1H3,(H,29,32)(H,35,36)(H2,28,30,31,33)/b13-5-,27-11?. The number of unbranched alkanes of at least 4 members (excludes halogenated alkanes) is 1. The first-order valence-electron chi connectivity index (χ1n) is 13.1. The Morgan fingerprint density at radius 1 is 1.23 bits per heavy atom. The van der Waals surface area contributed by atoms with Crippen LogP contribution in [0.1, 0.15) is 36.9 Å². The number of nitrogens with one attached hydrogen (secondary N) is 4. The van der Waals surface area contributed by atoms with Gasteiger partial charge in [-0.2, -0.15) is 0 Å². The Balaban J connectivity index is 1.54. The Morgan fingerprint density at radius 2 is 2.05 bits per heavy atom. The number of allylic oxidation sites excluding steroid dienone is 1. The van der Waals surface area contributed by atoms with E-state index in [0.717, 1.165) is 56.4 Å². The monoisotopic (exact) mass is 558 g/mol. The fraction of sp³-hybridized carbons (Fsp3) is 0.500. The summed E-state index contributed by atoms with van der Waals surface area (Å²) in [5.41, 5.74) is 2.29. The fourth-order valence-electron chi connectivity index (χ4n) is 4.22. The molecule has 1 atom stereocenters. The number of rotatable bonds is 17. The number of carbonyl (C=O) groups is 1. The van der Waals surface area contributed by atoms with E-state index in [1.807, 2.05) is 4.90 Å². The highest BCUT2D eigenvalue weighted by Crippen LogP contribution is 2.20. The maximum absolute atomic E-state index is 12.0. The van der Waals surface area contributed by atoms with Gasteiger partial charge >= 0.3 is 5.97 Å². The molecule has 0 saturated heterocycles. The van der Waals surface area contributed by atoms with Gasteiger partial charge in [0.15, 0.2) is 0 Å². The van der Waals surface area contributed by atoms with Gasteiger partial charge in [0.05, 0.1) is 5.75 Å². The van der Waals surface area contributed by atoms with Gasteiger partial charge in [0.25, 0.3) is 0 Å². The van der Waals surface area contributed by atoms with Gasteiger partial charge in [-0.1, -0.05) is 6.07 Å². The Labute approximate surface area is 229 Å². The number of aryl methyl sites for hydroxylation is 2. The van der Waals surface area contributed by atoms with E-state index in [9.17, 15) is 18.3 Å². The van der Waals surface area contributed by atoms with Gasteiger partial charge in [0.2, 0.25) is 0 Å². The molecule has 12 nitrogen and oxygen atoms in total. The van der Waals surface area contributed by atoms with Gasteiger partial charge in [-0.05, 0) is 62.8 Å². The number of carboxylic acid groups (broad SMARTS) is 1. The zero-order valence-corrected chi connectivity index (χ0v) is 23.1. The zero-order valence-electron chi connectivity index (χ0n) is 22.3. The molecule has 0 aromatic carbocycles. The third-order valence-corrected chi connectivity index (χ3v) is 7.26. The van der Waals surface area contributed by atoms with Crippen molar-refractivity contribution >= 4 is 39.5 Å². The summed E-state index contributed by atoms with van der Waals surface area (Å²) in [6.45, 7) is 2.36. The number of pyridine rings is 1. The topological polar surface area (TPSA) is 173 Å². The normalized spacial score (nSPS) is 14.0. The zero-order chi connectivity index (χ0) is 28.1. The molecule has 0 spiro atoms. The van der Waals surface area contributed by atoms with Crippen LogP contribution < -0.4 is 16.0 Å². The molecular weight excluding hydrogens is 520 g/mol. The summed E-state index contributed by atoms with van der Waals surface area (Å²) in [5.74, 6) is 0.768. The minimum Gasteiger partial charge on any atom is -0.480 e. The number of aliphatic carboxylic acids is 1. The second-order valence-electron chi connectivity index (χ2n) is 9.55. The molecule has 0 saturated carbocycles. The minimum atomic E-state index is -3.15. The Kier molecular flexibility index (Phi) is 11.6. The van der Waals surface area contributed by atoms with E-state index >= 15 is 0 Å². The van der Waals surface area contributed by atoms with E-state index < -0.39 is 21.8 Å². The van der Waals surface area contributed by atoms with E-state index in [0.29, 0.717) is 31.3 Å². The number of sulfone groups is 1. The summed E-state index contributed by atoms with van der Waals surface area (Å²) in [7, 11) is -3.15. The van der Waals surface area contributed by atoms with Crippen LogP contribution in [0, 0.1) is 5.41 Å². The smallest absolute Gasteiger partial charge is 0.326 e. The van der Waals surface area contributed by atoms with Crippen LogP contribution in [0.15, 0.2) is 36.8 Å². The van der Waals surface area contributed by atoms with Crippen LogP contribution in [0.2, 0.25) is 0 Å². The molecule has 39 heavy (non-hydrogen) atoms. The highest BCUT2D eigenvalue weighted by Gasteiger charge is 2.20. The van der Waals surface area contributed by atoms with Gasteiger partial charge in [0.1, 0.15) is 39.7 Å². The van der Waals surface area contributed by atoms with Gasteiger partial charge in [0, 0.05) is 50.1 Å². The largest absolute Gasteiger partial charge is 0.480 e. The first kappa shape index (κ1) is 30.0. The van der Waals surface area contributed by atoms with Crippen molar-refractivity contribution in [3.05, 3.63) is 48.1 Å². The quantitative estimate of drug-likeness (QED) is 0.142. The highest BCUT2D eigenvalue weighted by molar-refractivity contribution is 7.90. The van der Waals surface area contributed by atoms with Crippen molar-refractivity contribution in [1.82, 2.24) is 19.9 Å². The molecule has 3 rings (SSSR count). The Morgan fingerprint density at radius 3 is 2.82 bits per heavy atom. The summed E-state index contributed by atoms with van der Waals surface area (Å²) in [4.78, 5) is 26.9. The van der Waals surface area contributed by atoms with E-state index in [1.54, 1.807) is 6.07 Å². The van der Waals surface area contributed by atoms with E-state index in [-0.39, 0.29) is 12.2 Å². The second-order valence-corrected chi connectivity index (χ2v) is 11.8. The van der Waals surface area contributed by atoms with Crippen molar-refractivity contribution in [2.45, 2.75) is 44.6 Å². The van der Waals surface area contributed by atoms with Gasteiger partial charge in [-0.3, -0.25) is 0 Å². The molecule has 1 unspecified atom stereocenters. The van der Waals surface area contributed by atoms with Crippen molar-refractivity contribution in [2.75, 3.05) is 54.1 Å². The van der Waals surface area contributed by atoms with Crippen LogP contribution in [0.5, 0.6) is 0 Å². The molecule has 0 bridgehead atoms. The van der Waals surface area contributed by atoms with E-state index in [1.165, 1.54) is 30.4 Å². The number of nitrogens with zero attached hydrogens (tertiary/aromatic N) is 4. The molecule has 0 aliphatic carbocycles. The lowest BCUT2D eigenvalue weighted by atomic mass is 10.1. The van der Waals surface area contributed by atoms with Crippen LogP contribution >= 0.6 is 0 Å². The van der Waals surface area contributed by atoms with Gasteiger partial charge in [-0.15, -0.1) is 0 Å². The second kappa shape index (κ2) is 15.1. The van der Waals surface area contributed by atoms with Gasteiger partial charge < -0.3 is 31.4 Å². The van der Waals surface area contributed by atoms with Crippen molar-refractivity contribution in [2.24, 2.45) is 0 Å². The number of anilines is 3. The van der Waals surface area contributed by atoms with Crippen molar-refractivity contribution in [3.8, 4) is 0 Å². The van der Waals surface area contributed by atoms with Crippen LogP contribution in [0.3, 0.4) is 0 Å². The highest BCUT2D eigenvalue weighted by atomic mass is 32.2. The first-order valence-corrected chi connectivity index (χ1v) is 15.2. The molecule has 0 fully saturated rings. The molecule has 1 aliphatic heterocycles. The lowest BCUT2D eigenvalue weighted by Crippen LogP contribution is -2.37. The summed E-state index contributed by atoms with van der Waals surface area (Å²) in [6.07, 6.45) is 11.7. The molecule has 212 valence electrons. The third-order valence-electron chi connectivity index (χ3n) is 6.33. The SMILES string of the molecule is CS(=O)(=O)CCN(CCCCc1ccc2c(n1)NCCC2)CCC(Nc1cc(N/C=C\C=N)ncn1)C(=O)O. The molecule has 0 amide bonds.